The van der Waals surface area contributed by atoms with Gasteiger partial charge in [0.1, 0.15) is 0 Å². The van der Waals surface area contributed by atoms with Crippen molar-refractivity contribution in [3.63, 3.8) is 0 Å². The topological polar surface area (TPSA) is 29.9 Å². The lowest BCUT2D eigenvalue weighted by molar-refractivity contribution is 0.565. The molecule has 1 N–H and O–H groups in total. The lowest BCUT2D eigenvalue weighted by Gasteiger charge is -2.12. The molecule has 0 radical (unpaired) electrons. The number of aromatic nitrogens is 2. The Hall–Kier alpha value is -1.61. The number of nitrogens with zero attached hydrogens (tertiary/aromatic N) is 2. The molecule has 2 aromatic rings. The summed E-state index contributed by atoms with van der Waals surface area (Å²) >= 11 is 0. The maximum Gasteiger partial charge on any atom is 0.0700 e. The van der Waals surface area contributed by atoms with Crippen LogP contribution >= 0.6 is 0 Å². The Labute approximate surface area is 122 Å². The third-order valence-electron chi connectivity index (χ3n) is 3.60. The highest BCUT2D eigenvalue weighted by Gasteiger charge is 2.08. The molecule has 1 aromatic carbocycles. The van der Waals surface area contributed by atoms with Crippen molar-refractivity contribution >= 4 is 0 Å². The number of rotatable bonds is 6. The lowest BCUT2D eigenvalue weighted by Crippen LogP contribution is -2.27. The zero-order valence-electron chi connectivity index (χ0n) is 13.0. The van der Waals surface area contributed by atoms with Crippen LogP contribution in [0.3, 0.4) is 0 Å². The second kappa shape index (κ2) is 6.71. The number of hydrogen-bond donors (Lipinski definition) is 1. The van der Waals surface area contributed by atoms with Crippen molar-refractivity contribution in [2.75, 3.05) is 6.54 Å². The Balaban J connectivity index is 2.15. The van der Waals surface area contributed by atoms with E-state index in [9.17, 15) is 0 Å². The van der Waals surface area contributed by atoms with E-state index in [0.717, 1.165) is 19.4 Å². The van der Waals surface area contributed by atoms with E-state index in [-0.39, 0.29) is 0 Å². The summed E-state index contributed by atoms with van der Waals surface area (Å²) in [7, 11) is 1.98. The summed E-state index contributed by atoms with van der Waals surface area (Å²) in [6.07, 6.45) is 4.15. The summed E-state index contributed by atoms with van der Waals surface area (Å²) in [5.41, 5.74) is 5.06. The van der Waals surface area contributed by atoms with Gasteiger partial charge in [-0.2, -0.15) is 5.10 Å². The van der Waals surface area contributed by atoms with Crippen molar-refractivity contribution in [1.29, 1.82) is 0 Å². The molecule has 3 nitrogen and oxygen atoms in total. The number of hydrogen-bond acceptors (Lipinski definition) is 2. The first kappa shape index (κ1) is 14.8. The van der Waals surface area contributed by atoms with Gasteiger partial charge in [-0.05, 0) is 37.4 Å². The molecule has 0 aliphatic heterocycles. The minimum absolute atomic E-state index is 0.524. The highest BCUT2D eigenvalue weighted by atomic mass is 15.2. The fourth-order valence-electron chi connectivity index (χ4n) is 2.63. The van der Waals surface area contributed by atoms with Crippen LogP contribution in [0.5, 0.6) is 0 Å². The van der Waals surface area contributed by atoms with Crippen LogP contribution in [0.25, 0.3) is 11.1 Å². The van der Waals surface area contributed by atoms with Crippen LogP contribution < -0.4 is 5.32 Å². The number of aryl methyl sites for hydroxylation is 2. The molecule has 0 fully saturated rings. The fraction of sp³-hybridized carbons (Fsp3) is 0.471. The van der Waals surface area contributed by atoms with E-state index in [1.807, 2.05) is 11.7 Å². The summed E-state index contributed by atoms with van der Waals surface area (Å²) in [6, 6.07) is 9.41. The molecule has 3 heteroatoms. The van der Waals surface area contributed by atoms with Crippen LogP contribution in [-0.2, 0) is 19.9 Å². The Morgan fingerprint density at radius 2 is 1.90 bits per heavy atom. The SMILES string of the molecule is CCNC(C)Cc1ccc(-c2cn(C)nc2CC)cc1. The number of nitrogens with one attached hydrogen (secondary N) is 1. The molecule has 1 atom stereocenters. The van der Waals surface area contributed by atoms with Gasteiger partial charge in [-0.25, -0.2) is 0 Å². The van der Waals surface area contributed by atoms with Crippen molar-refractivity contribution in [2.45, 2.75) is 39.7 Å². The summed E-state index contributed by atoms with van der Waals surface area (Å²) in [4.78, 5) is 0. The molecule has 108 valence electrons. The first-order valence-electron chi connectivity index (χ1n) is 7.49. The molecule has 0 saturated carbocycles. The lowest BCUT2D eigenvalue weighted by atomic mass is 10.0. The largest absolute Gasteiger partial charge is 0.314 e. The molecule has 1 aromatic heterocycles. The van der Waals surface area contributed by atoms with Gasteiger partial charge in [0.05, 0.1) is 5.69 Å². The maximum atomic E-state index is 4.51. The van der Waals surface area contributed by atoms with E-state index in [0.29, 0.717) is 6.04 Å². The van der Waals surface area contributed by atoms with Crippen molar-refractivity contribution < 1.29 is 0 Å². The molecule has 0 aliphatic carbocycles. The Kier molecular flexibility index (Phi) is 4.96. The minimum atomic E-state index is 0.524. The molecule has 0 saturated heterocycles. The molecule has 0 amide bonds. The molecule has 2 rings (SSSR count). The van der Waals surface area contributed by atoms with Crippen LogP contribution in [-0.4, -0.2) is 22.4 Å². The second-order valence-electron chi connectivity index (χ2n) is 5.38. The molecule has 1 unspecified atom stereocenters. The predicted molar refractivity (Wildman–Crippen MR) is 84.9 cm³/mol. The first-order chi connectivity index (χ1) is 9.63. The van der Waals surface area contributed by atoms with E-state index in [4.69, 9.17) is 0 Å². The third kappa shape index (κ3) is 3.48. The maximum absolute atomic E-state index is 4.51. The van der Waals surface area contributed by atoms with E-state index in [2.05, 4.69) is 61.6 Å². The second-order valence-corrected chi connectivity index (χ2v) is 5.38. The summed E-state index contributed by atoms with van der Waals surface area (Å²) in [5.74, 6) is 0. The van der Waals surface area contributed by atoms with Crippen molar-refractivity contribution in [3.05, 3.63) is 41.7 Å². The highest BCUT2D eigenvalue weighted by Crippen LogP contribution is 2.23. The summed E-state index contributed by atoms with van der Waals surface area (Å²) in [6.45, 7) is 7.55. The first-order valence-corrected chi connectivity index (χ1v) is 7.49. The molecule has 0 spiro atoms. The van der Waals surface area contributed by atoms with Crippen LogP contribution in [0, 0.1) is 0 Å². The van der Waals surface area contributed by atoms with Gasteiger partial charge in [0.15, 0.2) is 0 Å². The third-order valence-corrected chi connectivity index (χ3v) is 3.60. The summed E-state index contributed by atoms with van der Waals surface area (Å²) < 4.78 is 1.90. The standard InChI is InChI=1S/C17H25N3/c1-5-17-16(12-20(4)19-17)15-9-7-14(8-10-15)11-13(3)18-6-2/h7-10,12-13,18H,5-6,11H2,1-4H3. The van der Waals surface area contributed by atoms with Crippen LogP contribution in [0.2, 0.25) is 0 Å². The zero-order valence-corrected chi connectivity index (χ0v) is 13.0. The quantitative estimate of drug-likeness (QED) is 0.874. The van der Waals surface area contributed by atoms with E-state index < -0.39 is 0 Å². The minimum Gasteiger partial charge on any atom is -0.314 e. The van der Waals surface area contributed by atoms with E-state index in [1.165, 1.54) is 22.4 Å². The van der Waals surface area contributed by atoms with Crippen LogP contribution in [0.1, 0.15) is 32.0 Å². The predicted octanol–water partition coefficient (Wildman–Crippen LogP) is 3.19. The Bertz CT molecular complexity index is 540. The van der Waals surface area contributed by atoms with E-state index >= 15 is 0 Å². The molecule has 0 bridgehead atoms. The zero-order chi connectivity index (χ0) is 14.5. The van der Waals surface area contributed by atoms with Crippen molar-refractivity contribution in [1.82, 2.24) is 15.1 Å². The fourth-order valence-corrected chi connectivity index (χ4v) is 2.63. The van der Waals surface area contributed by atoms with Gasteiger partial charge >= 0.3 is 0 Å². The molecule has 1 heterocycles. The van der Waals surface area contributed by atoms with Gasteiger partial charge in [-0.3, -0.25) is 4.68 Å². The van der Waals surface area contributed by atoms with Gasteiger partial charge in [0.2, 0.25) is 0 Å². The van der Waals surface area contributed by atoms with Gasteiger partial charge in [0.25, 0.3) is 0 Å². The summed E-state index contributed by atoms with van der Waals surface area (Å²) in [5, 5.41) is 7.96. The van der Waals surface area contributed by atoms with Crippen molar-refractivity contribution in [3.8, 4) is 11.1 Å². The van der Waals surface area contributed by atoms with Crippen LogP contribution in [0.4, 0.5) is 0 Å². The van der Waals surface area contributed by atoms with Gasteiger partial charge in [-0.15, -0.1) is 0 Å². The van der Waals surface area contributed by atoms with Gasteiger partial charge in [-0.1, -0.05) is 38.1 Å². The highest BCUT2D eigenvalue weighted by molar-refractivity contribution is 5.65. The normalized spacial score (nSPS) is 12.6. The van der Waals surface area contributed by atoms with Gasteiger partial charge < -0.3 is 5.32 Å². The number of likely N-dealkylation sites (N-methyl/N-ethyl adjacent to an activating group) is 1. The Morgan fingerprint density at radius 3 is 2.50 bits per heavy atom. The average Bonchev–Trinajstić information content (AvgIpc) is 2.81. The van der Waals surface area contributed by atoms with Crippen LogP contribution in [0.15, 0.2) is 30.5 Å². The molecular weight excluding hydrogens is 246 g/mol. The molecule has 0 aliphatic rings. The Morgan fingerprint density at radius 1 is 1.20 bits per heavy atom. The molecule has 20 heavy (non-hydrogen) atoms. The number of benzene rings is 1. The average molecular weight is 271 g/mol. The van der Waals surface area contributed by atoms with Gasteiger partial charge in [0, 0.05) is 24.8 Å². The molecular formula is C17H25N3. The smallest absolute Gasteiger partial charge is 0.0700 e. The van der Waals surface area contributed by atoms with E-state index in [1.54, 1.807) is 0 Å². The monoisotopic (exact) mass is 271 g/mol. The van der Waals surface area contributed by atoms with Crippen molar-refractivity contribution in [2.24, 2.45) is 7.05 Å².